The molecular weight excluding hydrogens is 222 g/mol. The average molecular weight is 237 g/mol. The SMILES string of the molecule is CCN(C)C(=O)Nc1ccc(C)cc1[N+](=O)[O-]. The number of hydrogen-bond donors (Lipinski definition) is 1. The summed E-state index contributed by atoms with van der Waals surface area (Å²) in [5, 5.41) is 13.4. The van der Waals surface area contributed by atoms with Gasteiger partial charge in [0.25, 0.3) is 5.69 Å². The minimum atomic E-state index is -0.505. The number of carbonyl (C=O) groups excluding carboxylic acids is 1. The van der Waals surface area contributed by atoms with Crippen LogP contribution in [-0.4, -0.2) is 29.4 Å². The fraction of sp³-hybridized carbons (Fsp3) is 0.364. The molecule has 6 heteroatoms. The summed E-state index contributed by atoms with van der Waals surface area (Å²) in [7, 11) is 1.62. The monoisotopic (exact) mass is 237 g/mol. The summed E-state index contributed by atoms with van der Waals surface area (Å²) >= 11 is 0. The molecule has 1 N–H and O–H groups in total. The third-order valence-electron chi connectivity index (χ3n) is 2.41. The van der Waals surface area contributed by atoms with E-state index >= 15 is 0 Å². The second-order valence-electron chi connectivity index (χ2n) is 3.72. The number of urea groups is 1. The number of rotatable bonds is 3. The molecule has 92 valence electrons. The number of aryl methyl sites for hydroxylation is 1. The van der Waals surface area contributed by atoms with Crippen LogP contribution in [0.25, 0.3) is 0 Å². The number of nitrogens with zero attached hydrogens (tertiary/aromatic N) is 2. The first kappa shape index (κ1) is 13.0. The number of amides is 2. The van der Waals surface area contributed by atoms with E-state index < -0.39 is 4.92 Å². The van der Waals surface area contributed by atoms with E-state index in [1.54, 1.807) is 20.0 Å². The zero-order valence-electron chi connectivity index (χ0n) is 10.1. The lowest BCUT2D eigenvalue weighted by molar-refractivity contribution is -0.384. The highest BCUT2D eigenvalue weighted by atomic mass is 16.6. The predicted octanol–water partition coefficient (Wildman–Crippen LogP) is 2.39. The molecule has 0 aromatic heterocycles. The van der Waals surface area contributed by atoms with Crippen molar-refractivity contribution in [3.63, 3.8) is 0 Å². The van der Waals surface area contributed by atoms with E-state index in [1.165, 1.54) is 17.0 Å². The number of anilines is 1. The van der Waals surface area contributed by atoms with Crippen molar-refractivity contribution in [2.75, 3.05) is 18.9 Å². The Bertz CT molecular complexity index is 446. The Kier molecular flexibility index (Phi) is 4.03. The van der Waals surface area contributed by atoms with E-state index in [4.69, 9.17) is 0 Å². The summed E-state index contributed by atoms with van der Waals surface area (Å²) in [6.07, 6.45) is 0. The van der Waals surface area contributed by atoms with Gasteiger partial charge in [0.15, 0.2) is 0 Å². The lowest BCUT2D eigenvalue weighted by Crippen LogP contribution is -2.31. The Morgan fingerprint density at radius 2 is 2.18 bits per heavy atom. The van der Waals surface area contributed by atoms with Crippen LogP contribution in [0.5, 0.6) is 0 Å². The number of carbonyl (C=O) groups is 1. The second-order valence-corrected chi connectivity index (χ2v) is 3.72. The minimum Gasteiger partial charge on any atom is -0.328 e. The van der Waals surface area contributed by atoms with Crippen LogP contribution in [-0.2, 0) is 0 Å². The van der Waals surface area contributed by atoms with Crippen LogP contribution in [0.15, 0.2) is 18.2 Å². The smallest absolute Gasteiger partial charge is 0.321 e. The molecule has 0 bridgehead atoms. The van der Waals surface area contributed by atoms with Crippen molar-refractivity contribution in [2.45, 2.75) is 13.8 Å². The number of hydrogen-bond acceptors (Lipinski definition) is 3. The molecule has 0 unspecified atom stereocenters. The van der Waals surface area contributed by atoms with E-state index in [0.717, 1.165) is 5.56 Å². The molecule has 1 aromatic carbocycles. The molecule has 6 nitrogen and oxygen atoms in total. The molecule has 0 heterocycles. The lowest BCUT2D eigenvalue weighted by Gasteiger charge is -2.15. The van der Waals surface area contributed by atoms with Crippen molar-refractivity contribution in [3.8, 4) is 0 Å². The Labute approximate surface area is 99.4 Å². The number of nitro benzene ring substituents is 1. The molecule has 0 atom stereocenters. The first-order valence-electron chi connectivity index (χ1n) is 5.23. The molecule has 1 aromatic rings. The molecule has 0 saturated carbocycles. The molecule has 17 heavy (non-hydrogen) atoms. The van der Waals surface area contributed by atoms with Gasteiger partial charge < -0.3 is 10.2 Å². The highest BCUT2D eigenvalue weighted by Gasteiger charge is 2.16. The maximum absolute atomic E-state index is 11.6. The zero-order valence-corrected chi connectivity index (χ0v) is 10.1. The first-order chi connectivity index (χ1) is 7.95. The molecule has 1 rings (SSSR count). The molecule has 2 amide bonds. The van der Waals surface area contributed by atoms with Crippen molar-refractivity contribution in [3.05, 3.63) is 33.9 Å². The Morgan fingerprint density at radius 1 is 1.53 bits per heavy atom. The largest absolute Gasteiger partial charge is 0.328 e. The third kappa shape index (κ3) is 3.17. The van der Waals surface area contributed by atoms with Crippen LogP contribution in [0.2, 0.25) is 0 Å². The van der Waals surface area contributed by atoms with Crippen molar-refractivity contribution in [2.24, 2.45) is 0 Å². The van der Waals surface area contributed by atoms with Crippen LogP contribution < -0.4 is 5.32 Å². The van der Waals surface area contributed by atoms with Gasteiger partial charge in [0.1, 0.15) is 5.69 Å². The van der Waals surface area contributed by atoms with Crippen LogP contribution in [0.1, 0.15) is 12.5 Å². The quantitative estimate of drug-likeness (QED) is 0.647. The summed E-state index contributed by atoms with van der Waals surface area (Å²) in [5.74, 6) is 0. The van der Waals surface area contributed by atoms with Gasteiger partial charge in [0, 0.05) is 19.7 Å². The first-order valence-corrected chi connectivity index (χ1v) is 5.23. The summed E-state index contributed by atoms with van der Waals surface area (Å²) in [6.45, 7) is 4.12. The summed E-state index contributed by atoms with van der Waals surface area (Å²) in [4.78, 5) is 23.4. The summed E-state index contributed by atoms with van der Waals surface area (Å²) < 4.78 is 0. The third-order valence-corrected chi connectivity index (χ3v) is 2.41. The van der Waals surface area contributed by atoms with Gasteiger partial charge in [-0.05, 0) is 25.5 Å². The van der Waals surface area contributed by atoms with Crippen LogP contribution in [0, 0.1) is 17.0 Å². The molecule has 0 spiro atoms. The predicted molar refractivity (Wildman–Crippen MR) is 65.2 cm³/mol. The standard InChI is InChI=1S/C11H15N3O3/c1-4-13(3)11(15)12-9-6-5-8(2)7-10(9)14(16)17/h5-7H,4H2,1-3H3,(H,12,15). The average Bonchev–Trinajstić information content (AvgIpc) is 2.29. The van der Waals surface area contributed by atoms with Crippen LogP contribution in [0.4, 0.5) is 16.2 Å². The van der Waals surface area contributed by atoms with Crippen molar-refractivity contribution in [1.29, 1.82) is 0 Å². The zero-order chi connectivity index (χ0) is 13.0. The maximum atomic E-state index is 11.6. The molecular formula is C11H15N3O3. The second kappa shape index (κ2) is 5.29. The number of benzene rings is 1. The highest BCUT2D eigenvalue weighted by Crippen LogP contribution is 2.25. The van der Waals surface area contributed by atoms with Gasteiger partial charge in [-0.2, -0.15) is 0 Å². The summed E-state index contributed by atoms with van der Waals surface area (Å²) in [6, 6.07) is 4.32. The van der Waals surface area contributed by atoms with Gasteiger partial charge in [-0.3, -0.25) is 10.1 Å². The molecule has 0 aliphatic carbocycles. The van der Waals surface area contributed by atoms with Gasteiger partial charge in [-0.1, -0.05) is 6.07 Å². The Morgan fingerprint density at radius 3 is 2.71 bits per heavy atom. The van der Waals surface area contributed by atoms with E-state index in [1.807, 2.05) is 6.92 Å². The van der Waals surface area contributed by atoms with Crippen molar-refractivity contribution < 1.29 is 9.72 Å². The van der Waals surface area contributed by atoms with Gasteiger partial charge >= 0.3 is 6.03 Å². The normalized spacial score (nSPS) is 9.82. The van der Waals surface area contributed by atoms with Crippen molar-refractivity contribution in [1.82, 2.24) is 4.90 Å². The van der Waals surface area contributed by atoms with E-state index in [0.29, 0.717) is 6.54 Å². The highest BCUT2D eigenvalue weighted by molar-refractivity contribution is 5.91. The van der Waals surface area contributed by atoms with Gasteiger partial charge in [0.05, 0.1) is 4.92 Å². The fourth-order valence-corrected chi connectivity index (χ4v) is 1.25. The van der Waals surface area contributed by atoms with Crippen LogP contribution in [0.3, 0.4) is 0 Å². The minimum absolute atomic E-state index is 0.0946. The fourth-order valence-electron chi connectivity index (χ4n) is 1.25. The topological polar surface area (TPSA) is 75.5 Å². The van der Waals surface area contributed by atoms with Crippen molar-refractivity contribution >= 4 is 17.4 Å². The van der Waals surface area contributed by atoms with Gasteiger partial charge in [0.2, 0.25) is 0 Å². The number of nitro groups is 1. The van der Waals surface area contributed by atoms with Crippen LogP contribution >= 0.6 is 0 Å². The van der Waals surface area contributed by atoms with Gasteiger partial charge in [-0.15, -0.1) is 0 Å². The van der Waals surface area contributed by atoms with Gasteiger partial charge in [-0.25, -0.2) is 4.79 Å². The molecule has 0 aliphatic heterocycles. The molecule has 0 radical (unpaired) electrons. The Balaban J connectivity index is 2.98. The van der Waals surface area contributed by atoms with E-state index in [-0.39, 0.29) is 17.4 Å². The van der Waals surface area contributed by atoms with E-state index in [9.17, 15) is 14.9 Å². The lowest BCUT2D eigenvalue weighted by atomic mass is 10.2. The summed E-state index contributed by atoms with van der Waals surface area (Å²) in [5.41, 5.74) is 0.896. The molecule has 0 fully saturated rings. The molecule has 0 aliphatic rings. The molecule has 0 saturated heterocycles. The maximum Gasteiger partial charge on any atom is 0.321 e. The number of nitrogens with one attached hydrogen (secondary N) is 1. The van der Waals surface area contributed by atoms with E-state index in [2.05, 4.69) is 5.32 Å². The Hall–Kier alpha value is -2.11.